The van der Waals surface area contributed by atoms with E-state index in [0.29, 0.717) is 17.3 Å². The molecule has 2 heterocycles. The van der Waals surface area contributed by atoms with Crippen LogP contribution in [0.3, 0.4) is 0 Å². The zero-order chi connectivity index (χ0) is 22.2. The van der Waals surface area contributed by atoms with Crippen molar-refractivity contribution in [3.8, 4) is 11.5 Å². The molecule has 9 heteroatoms. The highest BCUT2D eigenvalue weighted by Gasteiger charge is 2.39. The number of hydrogen-bond acceptors (Lipinski definition) is 6. The van der Waals surface area contributed by atoms with E-state index >= 15 is 0 Å². The Bertz CT molecular complexity index is 980. The summed E-state index contributed by atoms with van der Waals surface area (Å²) in [5.74, 6) is 0.643. The smallest absolute Gasteiger partial charge is 0.323 e. The van der Waals surface area contributed by atoms with Gasteiger partial charge in [-0.3, -0.25) is 19.2 Å². The van der Waals surface area contributed by atoms with Gasteiger partial charge in [-0.15, -0.1) is 11.8 Å². The van der Waals surface area contributed by atoms with E-state index in [1.807, 2.05) is 39.0 Å². The maximum atomic E-state index is 12.9. The van der Waals surface area contributed by atoms with Crippen molar-refractivity contribution in [2.45, 2.75) is 31.4 Å². The lowest BCUT2D eigenvalue weighted by Crippen LogP contribution is -2.37. The Morgan fingerprint density at radius 1 is 1.30 bits per heavy atom. The summed E-state index contributed by atoms with van der Waals surface area (Å²) < 4.78 is 12.7. The highest BCUT2D eigenvalue weighted by atomic mass is 32.2. The third-order valence-electron chi connectivity index (χ3n) is 4.97. The summed E-state index contributed by atoms with van der Waals surface area (Å²) in [6.07, 6.45) is 0. The van der Waals surface area contributed by atoms with Gasteiger partial charge in [-0.25, -0.2) is 0 Å². The Morgan fingerprint density at radius 2 is 2.00 bits per heavy atom. The summed E-state index contributed by atoms with van der Waals surface area (Å²) in [4.78, 5) is 25.8. The van der Waals surface area contributed by atoms with Gasteiger partial charge in [0, 0.05) is 23.6 Å². The van der Waals surface area contributed by atoms with Crippen LogP contribution in [-0.2, 0) is 22.1 Å². The fourth-order valence-electron chi connectivity index (χ4n) is 3.67. The van der Waals surface area contributed by atoms with Crippen molar-refractivity contribution in [2.75, 3.05) is 31.4 Å². The molecule has 2 aromatic rings. The number of benzene rings is 1. The van der Waals surface area contributed by atoms with Gasteiger partial charge in [0.2, 0.25) is 5.91 Å². The lowest BCUT2D eigenvalue weighted by molar-refractivity contribution is -0.136. The third-order valence-corrected chi connectivity index (χ3v) is 6.20. The van der Waals surface area contributed by atoms with E-state index in [0.717, 1.165) is 16.8 Å². The van der Waals surface area contributed by atoms with Crippen LogP contribution in [0.4, 0.5) is 5.82 Å². The molecular formula is C21H27N3O5S. The van der Waals surface area contributed by atoms with Crippen molar-refractivity contribution in [3.05, 3.63) is 35.0 Å². The van der Waals surface area contributed by atoms with Crippen LogP contribution in [0.25, 0.3) is 0 Å². The molecule has 0 saturated heterocycles. The van der Waals surface area contributed by atoms with E-state index in [1.54, 1.807) is 25.9 Å². The van der Waals surface area contributed by atoms with E-state index in [9.17, 15) is 14.7 Å². The minimum absolute atomic E-state index is 0.135. The number of carboxylic acids is 1. The van der Waals surface area contributed by atoms with Gasteiger partial charge in [0.1, 0.15) is 23.9 Å². The Labute approximate surface area is 180 Å². The highest BCUT2D eigenvalue weighted by Crippen LogP contribution is 2.50. The van der Waals surface area contributed by atoms with Crippen molar-refractivity contribution in [3.63, 3.8) is 0 Å². The molecule has 1 N–H and O–H groups in total. The second-order valence-corrected chi connectivity index (χ2v) is 9.23. The van der Waals surface area contributed by atoms with Crippen molar-refractivity contribution < 1.29 is 24.2 Å². The number of rotatable bonds is 5. The molecule has 1 amide bonds. The van der Waals surface area contributed by atoms with E-state index in [1.165, 1.54) is 16.7 Å². The number of aromatic nitrogens is 2. The Balaban J connectivity index is 2.32. The van der Waals surface area contributed by atoms with Crippen molar-refractivity contribution in [2.24, 2.45) is 7.05 Å². The summed E-state index contributed by atoms with van der Waals surface area (Å²) in [6.45, 7) is 5.73. The van der Waals surface area contributed by atoms with Gasteiger partial charge in [0.25, 0.3) is 0 Å². The molecule has 1 atom stereocenters. The molecule has 162 valence electrons. The van der Waals surface area contributed by atoms with Crippen LogP contribution < -0.4 is 14.4 Å². The van der Waals surface area contributed by atoms with Crippen LogP contribution in [0.1, 0.15) is 42.8 Å². The molecule has 1 aromatic carbocycles. The fraction of sp³-hybridized carbons (Fsp3) is 0.476. The number of carboxylic acid groups (broad SMARTS) is 1. The third kappa shape index (κ3) is 3.98. The molecule has 1 aliphatic rings. The molecule has 0 bridgehead atoms. The predicted molar refractivity (Wildman–Crippen MR) is 116 cm³/mol. The van der Waals surface area contributed by atoms with Crippen LogP contribution in [-0.4, -0.2) is 53.3 Å². The molecular weight excluding hydrogens is 406 g/mol. The zero-order valence-electron chi connectivity index (χ0n) is 18.1. The number of nitrogens with zero attached hydrogens (tertiary/aromatic N) is 3. The lowest BCUT2D eigenvalue weighted by atomic mass is 9.87. The normalized spacial score (nSPS) is 16.8. The number of anilines is 1. The first kappa shape index (κ1) is 22.0. The minimum atomic E-state index is -1.07. The van der Waals surface area contributed by atoms with Gasteiger partial charge in [0.15, 0.2) is 0 Å². The van der Waals surface area contributed by atoms with Gasteiger partial charge < -0.3 is 14.6 Å². The second kappa shape index (κ2) is 8.22. The number of methoxy groups -OCH3 is 2. The molecule has 0 fully saturated rings. The summed E-state index contributed by atoms with van der Waals surface area (Å²) in [5.41, 5.74) is 2.17. The number of hydrogen-bond donors (Lipinski definition) is 1. The van der Waals surface area contributed by atoms with E-state index in [4.69, 9.17) is 14.6 Å². The minimum Gasteiger partial charge on any atom is -0.497 e. The lowest BCUT2D eigenvalue weighted by Gasteiger charge is -2.24. The molecule has 1 aliphatic heterocycles. The molecule has 0 radical (unpaired) electrons. The summed E-state index contributed by atoms with van der Waals surface area (Å²) in [5, 5.41) is 13.9. The van der Waals surface area contributed by atoms with Crippen molar-refractivity contribution >= 4 is 29.5 Å². The van der Waals surface area contributed by atoms with Gasteiger partial charge in [-0.2, -0.15) is 5.10 Å². The standard InChI is InChI=1S/C21H27N3O5S/c1-21(2,3)19-17-18(13-9-12(28-5)7-8-14(13)29-6)30-11-15(25)24(10-16(26)27)20(17)23(4)22-19/h7-9,18H,10-11H2,1-6H3,(H,26,27). The average molecular weight is 434 g/mol. The molecule has 1 unspecified atom stereocenters. The predicted octanol–water partition coefficient (Wildman–Crippen LogP) is 2.99. The van der Waals surface area contributed by atoms with Gasteiger partial charge in [0.05, 0.1) is 30.9 Å². The van der Waals surface area contributed by atoms with Crippen LogP contribution in [0, 0.1) is 0 Å². The van der Waals surface area contributed by atoms with Crippen LogP contribution >= 0.6 is 11.8 Å². The first-order valence-electron chi connectivity index (χ1n) is 9.51. The number of thioether (sulfide) groups is 1. The average Bonchev–Trinajstić information content (AvgIpc) is 2.96. The molecule has 3 rings (SSSR count). The van der Waals surface area contributed by atoms with Gasteiger partial charge in [-0.05, 0) is 18.2 Å². The molecule has 30 heavy (non-hydrogen) atoms. The first-order valence-corrected chi connectivity index (χ1v) is 10.6. The highest BCUT2D eigenvalue weighted by molar-refractivity contribution is 8.00. The number of fused-ring (bicyclic) bond motifs is 1. The maximum Gasteiger partial charge on any atom is 0.323 e. The number of aliphatic carboxylic acids is 1. The topological polar surface area (TPSA) is 93.9 Å². The van der Waals surface area contributed by atoms with Crippen LogP contribution in [0.5, 0.6) is 11.5 Å². The number of ether oxygens (including phenoxy) is 2. The Hall–Kier alpha value is -2.68. The monoisotopic (exact) mass is 433 g/mol. The zero-order valence-corrected chi connectivity index (χ0v) is 18.9. The van der Waals surface area contributed by atoms with E-state index in [2.05, 4.69) is 0 Å². The van der Waals surface area contributed by atoms with Crippen LogP contribution in [0.2, 0.25) is 0 Å². The maximum absolute atomic E-state index is 12.9. The Kier molecular flexibility index (Phi) is 6.03. The van der Waals surface area contributed by atoms with E-state index < -0.39 is 12.5 Å². The fourth-order valence-corrected chi connectivity index (χ4v) is 4.88. The first-order chi connectivity index (χ1) is 14.1. The number of carbonyl (C=O) groups excluding carboxylic acids is 1. The van der Waals surface area contributed by atoms with Crippen molar-refractivity contribution in [1.82, 2.24) is 9.78 Å². The van der Waals surface area contributed by atoms with Gasteiger partial charge >= 0.3 is 5.97 Å². The largest absolute Gasteiger partial charge is 0.497 e. The molecule has 1 aromatic heterocycles. The summed E-state index contributed by atoms with van der Waals surface area (Å²) >= 11 is 1.44. The van der Waals surface area contributed by atoms with E-state index in [-0.39, 0.29) is 22.3 Å². The summed E-state index contributed by atoms with van der Waals surface area (Å²) in [6, 6.07) is 5.56. The number of amides is 1. The number of carbonyl (C=O) groups is 2. The second-order valence-electron chi connectivity index (χ2n) is 8.13. The molecule has 8 nitrogen and oxygen atoms in total. The van der Waals surface area contributed by atoms with Gasteiger partial charge in [-0.1, -0.05) is 20.8 Å². The number of aryl methyl sites for hydroxylation is 1. The SMILES string of the molecule is COc1ccc(OC)c(C2SCC(=O)N(CC(=O)O)c3c2c(C(C)(C)C)nn3C)c1. The molecule has 0 spiro atoms. The molecule has 0 aliphatic carbocycles. The Morgan fingerprint density at radius 3 is 2.57 bits per heavy atom. The molecule has 0 saturated carbocycles. The van der Waals surface area contributed by atoms with Crippen molar-refractivity contribution in [1.29, 1.82) is 0 Å². The quantitative estimate of drug-likeness (QED) is 0.775. The van der Waals surface area contributed by atoms with Crippen LogP contribution in [0.15, 0.2) is 18.2 Å². The summed E-state index contributed by atoms with van der Waals surface area (Å²) in [7, 11) is 4.94.